The molecule has 0 saturated heterocycles. The lowest BCUT2D eigenvalue weighted by Gasteiger charge is -2.02. The van der Waals surface area contributed by atoms with Gasteiger partial charge < -0.3 is 0 Å². The lowest BCUT2D eigenvalue weighted by atomic mass is 10.3. The highest BCUT2D eigenvalue weighted by Crippen LogP contribution is 2.34. The first kappa shape index (κ1) is 14.2. The number of para-hydroxylation sites is 1. The molecule has 0 atom stereocenters. The van der Waals surface area contributed by atoms with Gasteiger partial charge in [0.15, 0.2) is 4.90 Å². The van der Waals surface area contributed by atoms with Crippen LogP contribution in [0.5, 0.6) is 0 Å². The molecule has 0 heterocycles. The van der Waals surface area contributed by atoms with Crippen molar-refractivity contribution in [2.24, 2.45) is 0 Å². The number of hydrogen-bond acceptors (Lipinski definition) is 9. The van der Waals surface area contributed by atoms with Gasteiger partial charge in [0.05, 0.1) is 9.85 Å². The Morgan fingerprint density at radius 2 is 1.58 bits per heavy atom. The molecule has 0 amide bonds. The number of nitrogens with zero attached hydrogens (tertiary/aromatic N) is 3. The number of benzene rings is 1. The molecule has 0 aliphatic carbocycles. The molecule has 0 bridgehead atoms. The summed E-state index contributed by atoms with van der Waals surface area (Å²) in [6, 6.07) is 2.09. The van der Waals surface area contributed by atoms with Crippen LogP contribution in [-0.4, -0.2) is 23.4 Å². The highest BCUT2D eigenvalue weighted by molar-refractivity contribution is 7.86. The molecular weight excluding hydrogens is 290 g/mol. The van der Waals surface area contributed by atoms with Crippen LogP contribution >= 0.6 is 0 Å². The van der Waals surface area contributed by atoms with Crippen molar-refractivity contribution in [1.29, 1.82) is 0 Å². The molecule has 0 aromatic heterocycles. The number of hydrogen-bond donors (Lipinski definition) is 0. The molecule has 1 aromatic carbocycles. The first-order valence-electron chi connectivity index (χ1n) is 4.17. The highest BCUT2D eigenvalue weighted by atomic mass is 32.2. The first-order valence-corrected chi connectivity index (χ1v) is 5.58. The summed E-state index contributed by atoms with van der Waals surface area (Å²) in [5, 5.41) is 29.5. The van der Waals surface area contributed by atoms with Gasteiger partial charge in [-0.25, -0.2) is 0 Å². The van der Waals surface area contributed by atoms with Crippen molar-refractivity contribution in [1.82, 2.24) is 0 Å². The molecule has 1 aromatic rings. The molecule has 0 aliphatic heterocycles. The van der Waals surface area contributed by atoms with Gasteiger partial charge in [-0.05, 0) is 6.07 Å². The predicted octanol–water partition coefficient (Wildman–Crippen LogP) is 0.400. The van der Waals surface area contributed by atoms with E-state index in [9.17, 15) is 38.8 Å². The number of rotatable bonds is 5. The monoisotopic (exact) mass is 293 g/mol. The van der Waals surface area contributed by atoms with E-state index in [4.69, 9.17) is 0 Å². The van der Waals surface area contributed by atoms with Crippen molar-refractivity contribution in [3.63, 3.8) is 0 Å². The molecule has 0 aliphatic rings. The summed E-state index contributed by atoms with van der Waals surface area (Å²) in [6.07, 6.45) is 0. The van der Waals surface area contributed by atoms with Crippen molar-refractivity contribution in [2.45, 2.75) is 4.90 Å². The maximum atomic E-state index is 11.4. The van der Waals surface area contributed by atoms with Gasteiger partial charge in [0.25, 0.3) is 0 Å². The van der Waals surface area contributed by atoms with Gasteiger partial charge in [-0.3, -0.25) is 20.2 Å². The molecule has 0 unspecified atom stereocenters. The fraction of sp³-hybridized carbons (Fsp3) is 0. The molecule has 0 N–H and O–H groups in total. The van der Waals surface area contributed by atoms with Crippen LogP contribution in [0.2, 0.25) is 0 Å². The van der Waals surface area contributed by atoms with Crippen molar-refractivity contribution in [2.75, 3.05) is 0 Å². The van der Waals surface area contributed by atoms with Crippen LogP contribution in [0.4, 0.5) is 11.4 Å². The second kappa shape index (κ2) is 4.81. The topological polar surface area (TPSA) is 173 Å². The average molecular weight is 293 g/mol. The van der Waals surface area contributed by atoms with E-state index in [1.54, 1.807) is 0 Å². The smallest absolute Gasteiger partial charge is 0.258 e. The van der Waals surface area contributed by atoms with Gasteiger partial charge >= 0.3 is 26.6 Å². The van der Waals surface area contributed by atoms with Crippen LogP contribution < -0.4 is 0 Å². The number of nitro benzene ring substituents is 2. The summed E-state index contributed by atoms with van der Waals surface area (Å²) in [5.41, 5.74) is -2.53. The Morgan fingerprint density at radius 1 is 1.00 bits per heavy atom. The minimum absolute atomic E-state index is 0.587. The fourth-order valence-corrected chi connectivity index (χ4v) is 2.07. The van der Waals surface area contributed by atoms with Crippen LogP contribution in [-0.2, 0) is 14.4 Å². The maximum absolute atomic E-state index is 11.4. The largest absolute Gasteiger partial charge is 0.366 e. The van der Waals surface area contributed by atoms with Crippen molar-refractivity contribution >= 4 is 21.5 Å². The fourth-order valence-electron chi connectivity index (χ4n) is 1.16. The normalized spacial score (nSPS) is 10.7. The van der Waals surface area contributed by atoms with Crippen LogP contribution in [0.25, 0.3) is 0 Å². The average Bonchev–Trinajstić information content (AvgIpc) is 2.25. The standard InChI is InChI=1S/C6H3N3O9S/c10-7(11)4-2-1-3-5(6(4)8(12)13)19(16,17)18-9(14)15/h1-3H. The second-order valence-electron chi connectivity index (χ2n) is 2.89. The van der Waals surface area contributed by atoms with E-state index in [0.29, 0.717) is 12.1 Å². The zero-order valence-corrected chi connectivity index (χ0v) is 9.47. The molecule has 0 fully saturated rings. The summed E-state index contributed by atoms with van der Waals surface area (Å²) in [7, 11) is -5.14. The van der Waals surface area contributed by atoms with Crippen molar-refractivity contribution in [3.05, 3.63) is 48.5 Å². The Hall–Kier alpha value is -2.83. The maximum Gasteiger partial charge on any atom is 0.366 e. The SMILES string of the molecule is O=[N+]([O-])OS(=O)(=O)c1cccc([N+](=O)[O-])c1[N+](=O)[O-]. The molecule has 13 heteroatoms. The van der Waals surface area contributed by atoms with Gasteiger partial charge in [-0.15, -0.1) is 10.1 Å². The molecule has 1 rings (SSSR count). The van der Waals surface area contributed by atoms with Crippen LogP contribution in [0.3, 0.4) is 0 Å². The van der Waals surface area contributed by atoms with Gasteiger partial charge in [0.1, 0.15) is 0 Å². The van der Waals surface area contributed by atoms with E-state index in [-0.39, 0.29) is 0 Å². The van der Waals surface area contributed by atoms with Gasteiger partial charge in [-0.2, -0.15) is 12.7 Å². The Kier molecular flexibility index (Phi) is 3.60. The van der Waals surface area contributed by atoms with E-state index in [0.717, 1.165) is 6.07 Å². The van der Waals surface area contributed by atoms with Crippen molar-refractivity contribution < 1.29 is 27.6 Å². The lowest BCUT2D eigenvalue weighted by molar-refractivity contribution is -0.711. The summed E-state index contributed by atoms with van der Waals surface area (Å²) >= 11 is 0. The zero-order chi connectivity index (χ0) is 14.8. The summed E-state index contributed by atoms with van der Waals surface area (Å²) in [6.45, 7) is 0. The second-order valence-corrected chi connectivity index (χ2v) is 4.39. The Bertz CT molecular complexity index is 667. The third-order valence-corrected chi connectivity index (χ3v) is 2.97. The zero-order valence-electron chi connectivity index (χ0n) is 8.66. The quantitative estimate of drug-likeness (QED) is 0.549. The van der Waals surface area contributed by atoms with E-state index >= 15 is 0 Å². The summed E-state index contributed by atoms with van der Waals surface area (Å²) in [4.78, 5) is 27.4. The molecule has 0 saturated carbocycles. The van der Waals surface area contributed by atoms with Crippen LogP contribution in [0, 0.1) is 30.3 Å². The summed E-state index contributed by atoms with van der Waals surface area (Å²) in [5.74, 6) is 0. The molecular formula is C6H3N3O9S. The third-order valence-electron chi connectivity index (χ3n) is 1.79. The predicted molar refractivity (Wildman–Crippen MR) is 55.0 cm³/mol. The van der Waals surface area contributed by atoms with E-state index in [2.05, 4.69) is 4.28 Å². The number of nitro groups is 2. The molecule has 19 heavy (non-hydrogen) atoms. The van der Waals surface area contributed by atoms with Crippen LogP contribution in [0.1, 0.15) is 0 Å². The Balaban J connectivity index is 3.61. The highest BCUT2D eigenvalue weighted by Gasteiger charge is 2.36. The molecule has 0 radical (unpaired) electrons. The van der Waals surface area contributed by atoms with E-state index in [1.807, 2.05) is 0 Å². The Labute approximate surface area is 103 Å². The van der Waals surface area contributed by atoms with Gasteiger partial charge in [0.2, 0.25) is 0 Å². The Morgan fingerprint density at radius 3 is 2.00 bits per heavy atom. The van der Waals surface area contributed by atoms with Gasteiger partial charge in [-0.1, -0.05) is 6.07 Å². The van der Waals surface area contributed by atoms with Gasteiger partial charge in [0, 0.05) is 6.07 Å². The van der Waals surface area contributed by atoms with E-state index < -0.39 is 41.3 Å². The first-order chi connectivity index (χ1) is 8.66. The minimum atomic E-state index is -5.14. The molecule has 102 valence electrons. The third kappa shape index (κ3) is 2.89. The summed E-state index contributed by atoms with van der Waals surface area (Å²) < 4.78 is 26.0. The molecule has 0 spiro atoms. The minimum Gasteiger partial charge on any atom is -0.258 e. The van der Waals surface area contributed by atoms with Crippen molar-refractivity contribution in [3.8, 4) is 0 Å². The van der Waals surface area contributed by atoms with Crippen LogP contribution in [0.15, 0.2) is 23.1 Å². The lowest BCUT2D eigenvalue weighted by Crippen LogP contribution is -2.14. The van der Waals surface area contributed by atoms with E-state index in [1.165, 1.54) is 0 Å². The molecule has 12 nitrogen and oxygen atoms in total.